The van der Waals surface area contributed by atoms with Crippen LogP contribution in [0.25, 0.3) is 0 Å². The topological polar surface area (TPSA) is 44.8 Å². The highest BCUT2D eigenvalue weighted by atomic mass is 35.5. The molecule has 1 saturated heterocycles. The molecule has 6 heteroatoms. The zero-order valence-corrected chi connectivity index (χ0v) is 13.3. The van der Waals surface area contributed by atoms with Gasteiger partial charge in [0.2, 0.25) is 0 Å². The van der Waals surface area contributed by atoms with Gasteiger partial charge in [-0.3, -0.25) is 9.69 Å². The summed E-state index contributed by atoms with van der Waals surface area (Å²) in [7, 11) is 3.45. The zero-order chi connectivity index (χ0) is 15.2. The Labute approximate surface area is 130 Å². The van der Waals surface area contributed by atoms with Crippen LogP contribution in [0.15, 0.2) is 18.2 Å². The molecule has 1 aliphatic heterocycles. The summed E-state index contributed by atoms with van der Waals surface area (Å²) in [5.74, 6) is -0.0447. The van der Waals surface area contributed by atoms with Crippen molar-refractivity contribution in [1.29, 1.82) is 0 Å². The Morgan fingerprint density at radius 3 is 2.71 bits per heavy atom. The van der Waals surface area contributed by atoms with Gasteiger partial charge in [0.05, 0.1) is 23.9 Å². The first kappa shape index (κ1) is 16.1. The van der Waals surface area contributed by atoms with Crippen molar-refractivity contribution in [2.75, 3.05) is 58.8 Å². The lowest BCUT2D eigenvalue weighted by Crippen LogP contribution is -2.39. The maximum absolute atomic E-state index is 11.9. The van der Waals surface area contributed by atoms with E-state index in [4.69, 9.17) is 16.3 Å². The van der Waals surface area contributed by atoms with Crippen molar-refractivity contribution in [3.8, 4) is 0 Å². The molecule has 0 spiro atoms. The number of carbonyl (C=O) groups is 1. The van der Waals surface area contributed by atoms with Crippen LogP contribution < -0.4 is 5.32 Å². The Hall–Kier alpha value is -1.30. The first-order valence-electron chi connectivity index (χ1n) is 7.13. The second kappa shape index (κ2) is 7.64. The van der Waals surface area contributed by atoms with E-state index in [1.807, 2.05) is 6.07 Å². The summed E-state index contributed by atoms with van der Waals surface area (Å²) in [5, 5.41) is 3.89. The lowest BCUT2D eigenvalue weighted by atomic mass is 10.2. The molecule has 1 fully saturated rings. The lowest BCUT2D eigenvalue weighted by Gasteiger charge is -2.26. The number of amides is 1. The number of halogens is 1. The molecule has 0 saturated carbocycles. The number of hydrogen-bond donors (Lipinski definition) is 1. The molecule has 1 aromatic carbocycles. The van der Waals surface area contributed by atoms with E-state index < -0.39 is 0 Å². The van der Waals surface area contributed by atoms with E-state index in [0.717, 1.165) is 45.1 Å². The van der Waals surface area contributed by atoms with Crippen LogP contribution in [-0.2, 0) is 4.74 Å². The highest BCUT2D eigenvalue weighted by molar-refractivity contribution is 6.33. The van der Waals surface area contributed by atoms with Crippen molar-refractivity contribution in [3.63, 3.8) is 0 Å². The Kier molecular flexibility index (Phi) is 5.85. The average Bonchev–Trinajstić information content (AvgIpc) is 2.49. The largest absolute Gasteiger partial charge is 0.383 e. The molecule has 0 aliphatic carbocycles. The predicted octanol–water partition coefficient (Wildman–Crippen LogP) is 1.79. The molecule has 5 nitrogen and oxygen atoms in total. The van der Waals surface area contributed by atoms with Crippen LogP contribution in [0, 0.1) is 0 Å². The SMILES string of the molecule is CN(C)C(=O)c1ccc(NCCN2CCOCC2)c(Cl)c1. The minimum atomic E-state index is -0.0447. The molecule has 0 unspecified atom stereocenters. The maximum atomic E-state index is 11.9. The normalized spacial score (nSPS) is 15.8. The highest BCUT2D eigenvalue weighted by Gasteiger charge is 2.12. The van der Waals surface area contributed by atoms with E-state index in [1.165, 1.54) is 4.90 Å². The van der Waals surface area contributed by atoms with Gasteiger partial charge in [0.15, 0.2) is 0 Å². The molecule has 1 amide bonds. The first-order chi connectivity index (χ1) is 10.1. The zero-order valence-electron chi connectivity index (χ0n) is 12.6. The smallest absolute Gasteiger partial charge is 0.253 e. The molecule has 1 N–H and O–H groups in total. The van der Waals surface area contributed by atoms with Crippen molar-refractivity contribution >= 4 is 23.2 Å². The second-order valence-electron chi connectivity index (χ2n) is 5.27. The van der Waals surface area contributed by atoms with E-state index in [1.54, 1.807) is 26.2 Å². The molecule has 0 radical (unpaired) electrons. The van der Waals surface area contributed by atoms with Crippen LogP contribution in [0.5, 0.6) is 0 Å². The van der Waals surface area contributed by atoms with Gasteiger partial charge in [0.1, 0.15) is 0 Å². The molecule has 1 aromatic rings. The number of nitrogens with one attached hydrogen (secondary N) is 1. The van der Waals surface area contributed by atoms with E-state index in [2.05, 4.69) is 10.2 Å². The van der Waals surface area contributed by atoms with E-state index >= 15 is 0 Å². The highest BCUT2D eigenvalue weighted by Crippen LogP contribution is 2.23. The van der Waals surface area contributed by atoms with E-state index in [-0.39, 0.29) is 5.91 Å². The van der Waals surface area contributed by atoms with Gasteiger partial charge in [0.25, 0.3) is 5.91 Å². The standard InChI is InChI=1S/C15H22ClN3O2/c1-18(2)15(20)12-3-4-14(13(16)11-12)17-5-6-19-7-9-21-10-8-19/h3-4,11,17H,5-10H2,1-2H3. The van der Waals surface area contributed by atoms with Crippen LogP contribution in [0.4, 0.5) is 5.69 Å². The van der Waals surface area contributed by atoms with Gasteiger partial charge in [-0.05, 0) is 18.2 Å². The Bertz CT molecular complexity index is 488. The molecule has 116 valence electrons. The summed E-state index contributed by atoms with van der Waals surface area (Å²) >= 11 is 6.23. The number of carbonyl (C=O) groups excluding carboxylic acids is 1. The van der Waals surface area contributed by atoms with Crippen molar-refractivity contribution in [2.24, 2.45) is 0 Å². The Balaban J connectivity index is 1.87. The lowest BCUT2D eigenvalue weighted by molar-refractivity contribution is 0.0398. The van der Waals surface area contributed by atoms with Gasteiger partial charge in [-0.25, -0.2) is 0 Å². The third-order valence-electron chi connectivity index (χ3n) is 3.47. The quantitative estimate of drug-likeness (QED) is 0.900. The van der Waals surface area contributed by atoms with Gasteiger partial charge in [-0.1, -0.05) is 11.6 Å². The van der Waals surface area contributed by atoms with E-state index in [9.17, 15) is 4.79 Å². The minimum Gasteiger partial charge on any atom is -0.383 e. The van der Waals surface area contributed by atoms with Gasteiger partial charge < -0.3 is 15.0 Å². The summed E-state index contributed by atoms with van der Waals surface area (Å²) in [4.78, 5) is 15.8. The Morgan fingerprint density at radius 2 is 2.10 bits per heavy atom. The number of benzene rings is 1. The molecule has 1 aliphatic rings. The molecular weight excluding hydrogens is 290 g/mol. The van der Waals surface area contributed by atoms with E-state index in [0.29, 0.717) is 10.6 Å². The van der Waals surface area contributed by atoms with Crippen molar-refractivity contribution < 1.29 is 9.53 Å². The summed E-state index contributed by atoms with van der Waals surface area (Å²) in [5.41, 5.74) is 1.46. The molecule has 0 bridgehead atoms. The van der Waals surface area contributed by atoms with Gasteiger partial charge in [0, 0.05) is 45.8 Å². The summed E-state index contributed by atoms with van der Waals surface area (Å²) < 4.78 is 5.32. The first-order valence-corrected chi connectivity index (χ1v) is 7.51. The number of morpholine rings is 1. The third-order valence-corrected chi connectivity index (χ3v) is 3.78. The average molecular weight is 312 g/mol. The summed E-state index contributed by atoms with van der Waals surface area (Å²) in [6.45, 7) is 5.35. The van der Waals surface area contributed by atoms with Gasteiger partial charge >= 0.3 is 0 Å². The fraction of sp³-hybridized carbons (Fsp3) is 0.533. The number of anilines is 1. The number of ether oxygens (including phenoxy) is 1. The van der Waals surface area contributed by atoms with Crippen LogP contribution in [-0.4, -0.2) is 69.2 Å². The van der Waals surface area contributed by atoms with Crippen LogP contribution in [0.3, 0.4) is 0 Å². The third kappa shape index (κ3) is 4.59. The second-order valence-corrected chi connectivity index (χ2v) is 5.68. The molecule has 0 atom stereocenters. The van der Waals surface area contributed by atoms with Crippen LogP contribution in [0.1, 0.15) is 10.4 Å². The number of rotatable bonds is 5. The molecule has 0 aromatic heterocycles. The fourth-order valence-corrected chi connectivity index (χ4v) is 2.47. The molecular formula is C15H22ClN3O2. The molecule has 2 rings (SSSR count). The summed E-state index contributed by atoms with van der Waals surface area (Å²) in [6.07, 6.45) is 0. The monoisotopic (exact) mass is 311 g/mol. The Morgan fingerprint density at radius 1 is 1.38 bits per heavy atom. The minimum absolute atomic E-state index is 0.0447. The predicted molar refractivity (Wildman–Crippen MR) is 85.2 cm³/mol. The molecule has 1 heterocycles. The number of hydrogen-bond acceptors (Lipinski definition) is 4. The van der Waals surface area contributed by atoms with Gasteiger partial charge in [-0.15, -0.1) is 0 Å². The van der Waals surface area contributed by atoms with Gasteiger partial charge in [-0.2, -0.15) is 0 Å². The fourth-order valence-electron chi connectivity index (χ4n) is 2.22. The van der Waals surface area contributed by atoms with Crippen molar-refractivity contribution in [3.05, 3.63) is 28.8 Å². The number of nitrogens with zero attached hydrogens (tertiary/aromatic N) is 2. The van der Waals surface area contributed by atoms with Crippen LogP contribution >= 0.6 is 11.6 Å². The van der Waals surface area contributed by atoms with Crippen molar-refractivity contribution in [1.82, 2.24) is 9.80 Å². The van der Waals surface area contributed by atoms with Crippen LogP contribution in [0.2, 0.25) is 5.02 Å². The molecule has 21 heavy (non-hydrogen) atoms. The summed E-state index contributed by atoms with van der Waals surface area (Å²) in [6, 6.07) is 5.37. The maximum Gasteiger partial charge on any atom is 0.253 e. The van der Waals surface area contributed by atoms with Crippen molar-refractivity contribution in [2.45, 2.75) is 0 Å².